The molecule has 0 aliphatic heterocycles. The van der Waals surface area contributed by atoms with Crippen molar-refractivity contribution in [3.8, 4) is 10.7 Å². The summed E-state index contributed by atoms with van der Waals surface area (Å²) in [6, 6.07) is 0. The Bertz CT molecular complexity index is 491. The molecule has 0 aliphatic carbocycles. The van der Waals surface area contributed by atoms with Crippen LogP contribution in [0.5, 0.6) is 0 Å². The lowest BCUT2D eigenvalue weighted by Crippen LogP contribution is -2.10. The fourth-order valence-electron chi connectivity index (χ4n) is 1.38. The monoisotopic (exact) mass is 283 g/mol. The van der Waals surface area contributed by atoms with Gasteiger partial charge in [0.25, 0.3) is 0 Å². The first-order valence-corrected chi connectivity index (χ1v) is 7.55. The fourth-order valence-corrected chi connectivity index (χ4v) is 3.08. The maximum Gasteiger partial charge on any atom is 0.206 e. The average molecular weight is 283 g/mol. The summed E-state index contributed by atoms with van der Waals surface area (Å²) in [4.78, 5) is 6.68. The smallest absolute Gasteiger partial charge is 0.206 e. The maximum atomic E-state index is 4.57. The largest absolute Gasteiger partial charge is 0.360 e. The molecule has 0 atom stereocenters. The molecule has 1 N–H and O–H groups in total. The van der Waals surface area contributed by atoms with E-state index in [-0.39, 0.29) is 0 Å². The van der Waals surface area contributed by atoms with E-state index in [4.69, 9.17) is 0 Å². The van der Waals surface area contributed by atoms with Crippen molar-refractivity contribution in [3.63, 3.8) is 0 Å². The Hall–Kier alpha value is -1.05. The molecule has 2 aromatic heterocycles. The summed E-state index contributed by atoms with van der Waals surface area (Å²) in [7, 11) is 4.08. The first-order valence-electron chi connectivity index (χ1n) is 5.86. The van der Waals surface area contributed by atoms with Gasteiger partial charge in [0.2, 0.25) is 5.13 Å². The summed E-state index contributed by atoms with van der Waals surface area (Å²) in [5.41, 5.74) is 0.930. The first kappa shape index (κ1) is 13.4. The molecule has 0 fully saturated rings. The van der Waals surface area contributed by atoms with Gasteiger partial charge in [0.1, 0.15) is 10.7 Å². The lowest BCUT2D eigenvalue weighted by molar-refractivity contribution is 0.402. The van der Waals surface area contributed by atoms with E-state index in [9.17, 15) is 0 Å². The van der Waals surface area contributed by atoms with Crippen LogP contribution in [-0.2, 0) is 6.54 Å². The van der Waals surface area contributed by atoms with Gasteiger partial charge in [-0.3, -0.25) is 0 Å². The predicted octanol–water partition coefficient (Wildman–Crippen LogP) is 2.55. The number of nitrogens with zero attached hydrogens (tertiary/aromatic N) is 4. The minimum absolute atomic E-state index is 0.865. The van der Waals surface area contributed by atoms with Gasteiger partial charge in [0, 0.05) is 18.5 Å². The van der Waals surface area contributed by atoms with Crippen molar-refractivity contribution in [1.82, 2.24) is 20.1 Å². The van der Waals surface area contributed by atoms with Crippen molar-refractivity contribution in [2.75, 3.05) is 26.0 Å². The van der Waals surface area contributed by atoms with Crippen LogP contribution in [0.4, 0.5) is 5.13 Å². The number of nitrogens with one attached hydrogen (secondary N) is 1. The summed E-state index contributed by atoms with van der Waals surface area (Å²) >= 11 is 3.22. The van der Waals surface area contributed by atoms with Crippen molar-refractivity contribution in [1.29, 1.82) is 0 Å². The van der Waals surface area contributed by atoms with Crippen LogP contribution in [-0.4, -0.2) is 40.7 Å². The Balaban J connectivity index is 2.06. The van der Waals surface area contributed by atoms with E-state index in [0.29, 0.717) is 0 Å². The number of hydrogen-bond acceptors (Lipinski definition) is 7. The van der Waals surface area contributed by atoms with Crippen LogP contribution in [0.2, 0.25) is 0 Å². The van der Waals surface area contributed by atoms with Crippen LogP contribution in [0.3, 0.4) is 0 Å². The number of aromatic nitrogens is 3. The highest BCUT2D eigenvalue weighted by Gasteiger charge is 2.10. The lowest BCUT2D eigenvalue weighted by Gasteiger charge is -2.04. The highest BCUT2D eigenvalue weighted by Crippen LogP contribution is 2.27. The molecule has 0 bridgehead atoms. The van der Waals surface area contributed by atoms with E-state index >= 15 is 0 Å². The molecular formula is C11H17N5S2. The Morgan fingerprint density at radius 3 is 2.89 bits per heavy atom. The molecular weight excluding hydrogens is 266 g/mol. The highest BCUT2D eigenvalue weighted by molar-refractivity contribution is 7.18. The van der Waals surface area contributed by atoms with Gasteiger partial charge in [-0.25, -0.2) is 4.98 Å². The van der Waals surface area contributed by atoms with Gasteiger partial charge in [-0.1, -0.05) is 18.3 Å². The molecule has 0 amide bonds. The lowest BCUT2D eigenvalue weighted by atomic mass is 10.5. The Morgan fingerprint density at radius 2 is 2.17 bits per heavy atom. The third kappa shape index (κ3) is 3.47. The zero-order valence-corrected chi connectivity index (χ0v) is 12.4. The summed E-state index contributed by atoms with van der Waals surface area (Å²) in [5, 5.41) is 16.4. The minimum atomic E-state index is 0.865. The molecule has 0 aromatic carbocycles. The van der Waals surface area contributed by atoms with Gasteiger partial charge in [-0.15, -0.1) is 21.5 Å². The Morgan fingerprint density at radius 1 is 1.33 bits per heavy atom. The van der Waals surface area contributed by atoms with Crippen molar-refractivity contribution < 1.29 is 0 Å². The zero-order chi connectivity index (χ0) is 13.0. The number of rotatable bonds is 6. The third-order valence-corrected chi connectivity index (χ3v) is 3.91. The van der Waals surface area contributed by atoms with Crippen LogP contribution in [0.25, 0.3) is 10.7 Å². The number of hydrogen-bond donors (Lipinski definition) is 1. The third-order valence-electron chi connectivity index (χ3n) is 2.17. The molecule has 5 nitrogen and oxygen atoms in total. The van der Waals surface area contributed by atoms with E-state index in [1.54, 1.807) is 22.7 Å². The molecule has 0 spiro atoms. The normalized spacial score (nSPS) is 11.1. The summed E-state index contributed by atoms with van der Waals surface area (Å²) in [5.74, 6) is 0. The van der Waals surface area contributed by atoms with E-state index in [1.165, 1.54) is 0 Å². The van der Waals surface area contributed by atoms with Crippen LogP contribution in [0.1, 0.15) is 18.4 Å². The average Bonchev–Trinajstić information content (AvgIpc) is 2.94. The second kappa shape index (κ2) is 6.21. The quantitative estimate of drug-likeness (QED) is 0.883. The van der Waals surface area contributed by atoms with Gasteiger partial charge in [-0.2, -0.15) is 0 Å². The molecule has 18 heavy (non-hydrogen) atoms. The van der Waals surface area contributed by atoms with Gasteiger partial charge in [0.15, 0.2) is 5.01 Å². The Labute approximate surface area is 115 Å². The second-order valence-electron chi connectivity index (χ2n) is 4.20. The summed E-state index contributed by atoms with van der Waals surface area (Å²) in [6.07, 6.45) is 1.08. The highest BCUT2D eigenvalue weighted by atomic mass is 32.1. The van der Waals surface area contributed by atoms with Gasteiger partial charge in [-0.05, 0) is 20.5 Å². The number of anilines is 1. The van der Waals surface area contributed by atoms with Crippen molar-refractivity contribution in [3.05, 3.63) is 10.4 Å². The van der Waals surface area contributed by atoms with E-state index in [2.05, 4.69) is 32.3 Å². The maximum absolute atomic E-state index is 4.57. The van der Waals surface area contributed by atoms with Crippen LogP contribution >= 0.6 is 22.7 Å². The van der Waals surface area contributed by atoms with Crippen LogP contribution in [0, 0.1) is 0 Å². The van der Waals surface area contributed by atoms with E-state index in [0.717, 1.165) is 40.4 Å². The Kier molecular flexibility index (Phi) is 4.62. The molecule has 0 saturated carbocycles. The molecule has 0 aliphatic rings. The molecule has 7 heteroatoms. The van der Waals surface area contributed by atoms with Gasteiger partial charge >= 0.3 is 0 Å². The van der Waals surface area contributed by atoms with Crippen molar-refractivity contribution in [2.45, 2.75) is 19.9 Å². The zero-order valence-electron chi connectivity index (χ0n) is 10.8. The molecule has 0 radical (unpaired) electrons. The van der Waals surface area contributed by atoms with Crippen molar-refractivity contribution in [2.24, 2.45) is 0 Å². The number of thiazole rings is 1. The molecule has 2 heterocycles. The fraction of sp³-hybridized carbons (Fsp3) is 0.545. The standard InChI is InChI=1S/C11H17N5S2/c1-4-5-12-11-15-14-10(18-11)8-7-17-9(13-8)6-16(2)3/h7H,4-6H2,1-3H3,(H,12,15). The molecule has 98 valence electrons. The first-order chi connectivity index (χ1) is 8.69. The van der Waals surface area contributed by atoms with Gasteiger partial charge in [0.05, 0.1) is 0 Å². The summed E-state index contributed by atoms with van der Waals surface area (Å²) in [6.45, 7) is 3.92. The topological polar surface area (TPSA) is 53.9 Å². The molecule has 0 unspecified atom stereocenters. The van der Waals surface area contributed by atoms with Crippen LogP contribution in [0.15, 0.2) is 5.38 Å². The predicted molar refractivity (Wildman–Crippen MR) is 77.2 cm³/mol. The SMILES string of the molecule is CCCNc1nnc(-c2csc(CN(C)C)n2)s1. The van der Waals surface area contributed by atoms with E-state index in [1.807, 2.05) is 19.5 Å². The second-order valence-corrected chi connectivity index (χ2v) is 6.12. The van der Waals surface area contributed by atoms with Crippen LogP contribution < -0.4 is 5.32 Å². The minimum Gasteiger partial charge on any atom is -0.360 e. The molecule has 2 aromatic rings. The molecule has 0 saturated heterocycles. The van der Waals surface area contributed by atoms with Gasteiger partial charge < -0.3 is 10.2 Å². The summed E-state index contributed by atoms with van der Waals surface area (Å²) < 4.78 is 0. The van der Waals surface area contributed by atoms with Crippen molar-refractivity contribution >= 4 is 27.8 Å². The molecule has 2 rings (SSSR count). The van der Waals surface area contributed by atoms with E-state index < -0.39 is 0 Å².